The lowest BCUT2D eigenvalue weighted by Gasteiger charge is -2.14. The highest BCUT2D eigenvalue weighted by Crippen LogP contribution is 2.23. The van der Waals surface area contributed by atoms with Crippen LogP contribution >= 0.6 is 0 Å². The lowest BCUT2D eigenvalue weighted by molar-refractivity contribution is -0.385. The van der Waals surface area contributed by atoms with Gasteiger partial charge in [-0.05, 0) is 19.1 Å². The summed E-state index contributed by atoms with van der Waals surface area (Å²) >= 11 is 0. The molecule has 1 rings (SSSR count). The molecule has 18 heavy (non-hydrogen) atoms. The van der Waals surface area contributed by atoms with Crippen LogP contribution in [0.25, 0.3) is 0 Å². The Bertz CT molecular complexity index is 461. The average Bonchev–Trinajstić information content (AvgIpc) is 2.28. The Morgan fingerprint density at radius 1 is 1.61 bits per heavy atom. The number of carboxylic acids is 1. The number of ether oxygens (including phenoxy) is 1. The van der Waals surface area contributed by atoms with Gasteiger partial charge >= 0.3 is 5.97 Å². The summed E-state index contributed by atoms with van der Waals surface area (Å²) in [5.41, 5.74) is -0.260. The third-order valence-corrected chi connectivity index (χ3v) is 2.25. The number of carbonyl (C=O) groups is 1. The van der Waals surface area contributed by atoms with Gasteiger partial charge in [0.05, 0.1) is 11.5 Å². The molecule has 7 heteroatoms. The molecule has 1 atom stereocenters. The van der Waals surface area contributed by atoms with E-state index in [-0.39, 0.29) is 11.6 Å². The van der Waals surface area contributed by atoms with Gasteiger partial charge in [-0.3, -0.25) is 10.1 Å². The number of nitrogens with zero attached hydrogens (tertiary/aromatic N) is 1. The number of carboxylic acid groups (broad SMARTS) is 1. The van der Waals surface area contributed by atoms with Gasteiger partial charge in [0.15, 0.2) is 0 Å². The van der Waals surface area contributed by atoms with Crippen LogP contribution in [0, 0.1) is 10.1 Å². The highest BCUT2D eigenvalue weighted by molar-refractivity contribution is 5.93. The molecule has 1 aromatic carbocycles. The first-order chi connectivity index (χ1) is 8.45. The van der Waals surface area contributed by atoms with E-state index in [1.807, 2.05) is 6.92 Å². The van der Waals surface area contributed by atoms with Crippen LogP contribution in [-0.2, 0) is 4.74 Å². The fraction of sp³-hybridized carbons (Fsp3) is 0.364. The molecule has 0 aliphatic carbocycles. The maximum Gasteiger partial charge on any atom is 0.342 e. The summed E-state index contributed by atoms with van der Waals surface area (Å²) in [5.74, 6) is -1.33. The smallest absolute Gasteiger partial charge is 0.342 e. The van der Waals surface area contributed by atoms with Gasteiger partial charge in [0.25, 0.3) is 5.69 Å². The average molecular weight is 254 g/mol. The second kappa shape index (κ2) is 5.97. The fourth-order valence-corrected chi connectivity index (χ4v) is 1.53. The van der Waals surface area contributed by atoms with E-state index >= 15 is 0 Å². The molecule has 7 nitrogen and oxygen atoms in total. The van der Waals surface area contributed by atoms with Crippen molar-refractivity contribution in [3.63, 3.8) is 0 Å². The first-order valence-electron chi connectivity index (χ1n) is 5.23. The molecule has 0 bridgehead atoms. The van der Waals surface area contributed by atoms with Crippen LogP contribution in [0.5, 0.6) is 0 Å². The summed E-state index contributed by atoms with van der Waals surface area (Å²) in [6.07, 6.45) is 0. The maximum absolute atomic E-state index is 10.9. The lowest BCUT2D eigenvalue weighted by Crippen LogP contribution is -2.21. The van der Waals surface area contributed by atoms with Gasteiger partial charge in [0, 0.05) is 24.9 Å². The Morgan fingerprint density at radius 3 is 2.78 bits per heavy atom. The Kier molecular flexibility index (Phi) is 4.61. The summed E-state index contributed by atoms with van der Waals surface area (Å²) in [5, 5.41) is 22.6. The molecule has 0 radical (unpaired) electrons. The Morgan fingerprint density at radius 2 is 2.28 bits per heavy atom. The molecule has 2 N–H and O–H groups in total. The third kappa shape index (κ3) is 3.42. The van der Waals surface area contributed by atoms with Crippen molar-refractivity contribution in [3.05, 3.63) is 33.9 Å². The van der Waals surface area contributed by atoms with Gasteiger partial charge in [-0.2, -0.15) is 0 Å². The quantitative estimate of drug-likeness (QED) is 0.592. The monoisotopic (exact) mass is 254 g/mol. The minimum Gasteiger partial charge on any atom is -0.477 e. The van der Waals surface area contributed by atoms with Crippen molar-refractivity contribution in [2.24, 2.45) is 0 Å². The minimum atomic E-state index is -1.33. The van der Waals surface area contributed by atoms with Crippen molar-refractivity contribution in [1.82, 2.24) is 0 Å². The summed E-state index contributed by atoms with van der Waals surface area (Å²) in [6.45, 7) is 2.30. The fourth-order valence-electron chi connectivity index (χ4n) is 1.53. The molecule has 98 valence electrons. The molecule has 0 fully saturated rings. The minimum absolute atomic E-state index is 0.0295. The molecule has 0 aromatic heterocycles. The van der Waals surface area contributed by atoms with E-state index < -0.39 is 16.6 Å². The van der Waals surface area contributed by atoms with Crippen molar-refractivity contribution >= 4 is 17.3 Å². The van der Waals surface area contributed by atoms with Crippen LogP contribution in [0.1, 0.15) is 17.3 Å². The molecule has 0 amide bonds. The van der Waals surface area contributed by atoms with Crippen molar-refractivity contribution in [1.29, 1.82) is 0 Å². The van der Waals surface area contributed by atoms with Crippen molar-refractivity contribution in [3.8, 4) is 0 Å². The van der Waals surface area contributed by atoms with Crippen LogP contribution in [0.15, 0.2) is 18.2 Å². The number of aromatic carboxylic acids is 1. The molecule has 0 unspecified atom stereocenters. The first kappa shape index (κ1) is 13.9. The van der Waals surface area contributed by atoms with Crippen molar-refractivity contribution < 1.29 is 19.6 Å². The molecule has 0 saturated carbocycles. The van der Waals surface area contributed by atoms with E-state index in [4.69, 9.17) is 9.84 Å². The molecule has 0 spiro atoms. The number of benzene rings is 1. The van der Waals surface area contributed by atoms with Crippen LogP contribution in [-0.4, -0.2) is 35.8 Å². The second-order valence-electron chi connectivity index (χ2n) is 3.79. The van der Waals surface area contributed by atoms with Gasteiger partial charge in [-0.25, -0.2) is 4.79 Å². The summed E-state index contributed by atoms with van der Waals surface area (Å²) < 4.78 is 4.93. The highest BCUT2D eigenvalue weighted by atomic mass is 16.6. The van der Waals surface area contributed by atoms with Crippen LogP contribution < -0.4 is 5.32 Å². The summed E-state index contributed by atoms with van der Waals surface area (Å²) in [6, 6.07) is 3.85. The number of hydrogen-bond donors (Lipinski definition) is 2. The van der Waals surface area contributed by atoms with Gasteiger partial charge < -0.3 is 15.2 Å². The van der Waals surface area contributed by atoms with Gasteiger partial charge in [0.1, 0.15) is 5.56 Å². The topological polar surface area (TPSA) is 102 Å². The molecule has 0 aliphatic heterocycles. The lowest BCUT2D eigenvalue weighted by atomic mass is 10.1. The zero-order valence-electron chi connectivity index (χ0n) is 10.0. The van der Waals surface area contributed by atoms with E-state index in [1.165, 1.54) is 18.2 Å². The second-order valence-corrected chi connectivity index (χ2v) is 3.79. The zero-order chi connectivity index (χ0) is 13.7. The number of hydrogen-bond acceptors (Lipinski definition) is 5. The Labute approximate surface area is 104 Å². The number of methoxy groups -OCH3 is 1. The van der Waals surface area contributed by atoms with Gasteiger partial charge in [-0.15, -0.1) is 0 Å². The van der Waals surface area contributed by atoms with Gasteiger partial charge in [-0.1, -0.05) is 0 Å². The molecule has 1 aromatic rings. The van der Waals surface area contributed by atoms with Crippen LogP contribution in [0.4, 0.5) is 11.4 Å². The summed E-state index contributed by atoms with van der Waals surface area (Å²) in [4.78, 5) is 20.9. The maximum atomic E-state index is 10.9. The van der Waals surface area contributed by atoms with E-state index in [0.717, 1.165) is 0 Å². The van der Waals surface area contributed by atoms with E-state index in [1.54, 1.807) is 7.11 Å². The standard InChI is InChI=1S/C11H14N2O5/c1-7(6-18-2)12-8-3-4-10(13(16)17)9(5-8)11(14)15/h3-5,7,12H,6H2,1-2H3,(H,14,15)/t7-/m0/s1. The van der Waals surface area contributed by atoms with Crippen LogP contribution in [0.3, 0.4) is 0 Å². The van der Waals surface area contributed by atoms with Crippen LogP contribution in [0.2, 0.25) is 0 Å². The SMILES string of the molecule is COC[C@H](C)Nc1ccc([N+](=O)[O-])c(C(=O)O)c1. The van der Waals surface area contributed by atoms with E-state index in [0.29, 0.717) is 12.3 Å². The zero-order valence-corrected chi connectivity index (χ0v) is 10.0. The Balaban J connectivity index is 3.00. The van der Waals surface area contributed by atoms with E-state index in [9.17, 15) is 14.9 Å². The number of nitrogens with one attached hydrogen (secondary N) is 1. The van der Waals surface area contributed by atoms with Crippen molar-refractivity contribution in [2.75, 3.05) is 19.0 Å². The molecule has 0 heterocycles. The number of rotatable bonds is 6. The number of anilines is 1. The van der Waals surface area contributed by atoms with Gasteiger partial charge in [0.2, 0.25) is 0 Å². The molecular weight excluding hydrogens is 240 g/mol. The predicted octanol–water partition coefficient (Wildman–Crippen LogP) is 1.74. The number of nitro groups is 1. The third-order valence-electron chi connectivity index (χ3n) is 2.25. The van der Waals surface area contributed by atoms with E-state index in [2.05, 4.69) is 5.32 Å². The molecular formula is C11H14N2O5. The largest absolute Gasteiger partial charge is 0.477 e. The Hall–Kier alpha value is -2.15. The highest BCUT2D eigenvalue weighted by Gasteiger charge is 2.20. The van der Waals surface area contributed by atoms with Crippen molar-refractivity contribution in [2.45, 2.75) is 13.0 Å². The normalized spacial score (nSPS) is 11.9. The molecule has 0 saturated heterocycles. The number of nitro benzene ring substituents is 1. The summed E-state index contributed by atoms with van der Waals surface area (Å²) in [7, 11) is 1.55. The first-order valence-corrected chi connectivity index (χ1v) is 5.23. The molecule has 0 aliphatic rings. The predicted molar refractivity (Wildman–Crippen MR) is 65.0 cm³/mol.